The number of para-hydroxylation sites is 1. The molecule has 1 saturated heterocycles. The van der Waals surface area contributed by atoms with E-state index < -0.39 is 0 Å². The maximum absolute atomic E-state index is 6.05. The van der Waals surface area contributed by atoms with Crippen LogP contribution in [-0.2, 0) is 6.54 Å². The number of hydrogen-bond donors (Lipinski definition) is 0. The Hall–Kier alpha value is -3.71. The summed E-state index contributed by atoms with van der Waals surface area (Å²) < 4.78 is 12.0. The van der Waals surface area contributed by atoms with Crippen molar-refractivity contribution in [3.05, 3.63) is 84.5 Å². The van der Waals surface area contributed by atoms with E-state index in [1.54, 1.807) is 12.4 Å². The Morgan fingerprint density at radius 1 is 0.879 bits per heavy atom. The fourth-order valence-electron chi connectivity index (χ4n) is 4.01. The topological polar surface area (TPSA) is 67.5 Å². The molecule has 33 heavy (non-hydrogen) atoms. The van der Waals surface area contributed by atoms with Crippen LogP contribution in [0, 0.1) is 6.92 Å². The highest BCUT2D eigenvalue weighted by Crippen LogP contribution is 2.28. The second kappa shape index (κ2) is 9.83. The molecule has 2 aromatic carbocycles. The monoisotopic (exact) mass is 441 g/mol. The minimum atomic E-state index is 0.621. The summed E-state index contributed by atoms with van der Waals surface area (Å²) in [5, 5.41) is 0. The maximum Gasteiger partial charge on any atom is 0.226 e. The molecule has 7 heteroatoms. The molecule has 0 unspecified atom stereocenters. The number of aromatic nitrogens is 3. The predicted molar refractivity (Wildman–Crippen MR) is 127 cm³/mol. The van der Waals surface area contributed by atoms with Gasteiger partial charge in [-0.15, -0.1) is 0 Å². The average Bonchev–Trinajstić information content (AvgIpc) is 3.06. The van der Waals surface area contributed by atoms with Crippen molar-refractivity contribution in [2.45, 2.75) is 19.9 Å². The zero-order valence-electron chi connectivity index (χ0n) is 18.7. The number of benzene rings is 2. The molecular formula is C26H27N5O2. The molecule has 0 N–H and O–H groups in total. The molecule has 0 spiro atoms. The largest absolute Gasteiger partial charge is 0.457 e. The maximum atomic E-state index is 6.05. The number of nitrogens with zero attached hydrogens (tertiary/aromatic N) is 5. The number of ether oxygens (including phenoxy) is 1. The van der Waals surface area contributed by atoms with Gasteiger partial charge in [0.2, 0.25) is 11.8 Å². The van der Waals surface area contributed by atoms with Crippen molar-refractivity contribution >= 4 is 5.95 Å². The van der Waals surface area contributed by atoms with Crippen molar-refractivity contribution < 1.29 is 9.15 Å². The highest BCUT2D eigenvalue weighted by atomic mass is 16.5. The summed E-state index contributed by atoms with van der Waals surface area (Å²) in [4.78, 5) is 18.3. The SMILES string of the molecule is Cc1oc(-c2cccc(Oc3ccccc3)c2)nc1CN1CCCN(c2ncccn2)CC1. The molecule has 0 atom stereocenters. The van der Waals surface area contributed by atoms with E-state index >= 15 is 0 Å². The van der Waals surface area contributed by atoms with Gasteiger partial charge in [-0.2, -0.15) is 0 Å². The second-order valence-electron chi connectivity index (χ2n) is 8.13. The van der Waals surface area contributed by atoms with Gasteiger partial charge in [-0.25, -0.2) is 15.0 Å². The van der Waals surface area contributed by atoms with Gasteiger partial charge in [0.1, 0.15) is 17.3 Å². The van der Waals surface area contributed by atoms with Crippen LogP contribution in [0.5, 0.6) is 11.5 Å². The fourth-order valence-corrected chi connectivity index (χ4v) is 4.01. The summed E-state index contributed by atoms with van der Waals surface area (Å²) in [6.45, 7) is 6.53. The van der Waals surface area contributed by atoms with Gasteiger partial charge in [0.25, 0.3) is 0 Å². The predicted octanol–water partition coefficient (Wildman–Crippen LogP) is 4.94. The second-order valence-corrected chi connectivity index (χ2v) is 8.13. The van der Waals surface area contributed by atoms with Gasteiger partial charge in [-0.05, 0) is 49.7 Å². The molecular weight excluding hydrogens is 414 g/mol. The quantitative estimate of drug-likeness (QED) is 0.420. The van der Waals surface area contributed by atoms with Crippen LogP contribution in [0.1, 0.15) is 17.9 Å². The van der Waals surface area contributed by atoms with Crippen LogP contribution in [0.15, 0.2) is 77.5 Å². The number of hydrogen-bond acceptors (Lipinski definition) is 7. The fraction of sp³-hybridized carbons (Fsp3) is 0.269. The highest BCUT2D eigenvalue weighted by molar-refractivity contribution is 5.57. The van der Waals surface area contributed by atoms with Gasteiger partial charge >= 0.3 is 0 Å². The molecule has 0 saturated carbocycles. The molecule has 5 rings (SSSR count). The minimum absolute atomic E-state index is 0.621. The Morgan fingerprint density at radius 2 is 1.70 bits per heavy atom. The first-order valence-electron chi connectivity index (χ1n) is 11.3. The van der Waals surface area contributed by atoms with Gasteiger partial charge in [-0.1, -0.05) is 24.3 Å². The van der Waals surface area contributed by atoms with E-state index in [0.717, 1.165) is 73.6 Å². The molecule has 3 heterocycles. The first kappa shape index (κ1) is 21.2. The van der Waals surface area contributed by atoms with Crippen LogP contribution in [0.25, 0.3) is 11.5 Å². The van der Waals surface area contributed by atoms with Crippen LogP contribution < -0.4 is 9.64 Å². The van der Waals surface area contributed by atoms with E-state index in [1.165, 1.54) is 0 Å². The number of oxazole rings is 1. The lowest BCUT2D eigenvalue weighted by atomic mass is 10.2. The molecule has 168 valence electrons. The third-order valence-corrected chi connectivity index (χ3v) is 5.75. The zero-order valence-corrected chi connectivity index (χ0v) is 18.7. The molecule has 0 radical (unpaired) electrons. The molecule has 1 aliphatic heterocycles. The lowest BCUT2D eigenvalue weighted by Gasteiger charge is -2.21. The van der Waals surface area contributed by atoms with Crippen LogP contribution in [0.2, 0.25) is 0 Å². The molecule has 7 nitrogen and oxygen atoms in total. The first-order valence-corrected chi connectivity index (χ1v) is 11.3. The summed E-state index contributed by atoms with van der Waals surface area (Å²) in [5.41, 5.74) is 1.88. The average molecular weight is 442 g/mol. The van der Waals surface area contributed by atoms with Crippen LogP contribution in [-0.4, -0.2) is 46.0 Å². The minimum Gasteiger partial charge on any atom is -0.457 e. The van der Waals surface area contributed by atoms with E-state index in [9.17, 15) is 0 Å². The van der Waals surface area contributed by atoms with E-state index in [-0.39, 0.29) is 0 Å². The number of rotatable bonds is 6. The summed E-state index contributed by atoms with van der Waals surface area (Å²) in [5.74, 6) is 3.83. The highest BCUT2D eigenvalue weighted by Gasteiger charge is 2.20. The number of aryl methyl sites for hydroxylation is 1. The molecule has 1 fully saturated rings. The van der Waals surface area contributed by atoms with Gasteiger partial charge in [0.15, 0.2) is 0 Å². The normalized spacial score (nSPS) is 14.8. The van der Waals surface area contributed by atoms with Crippen molar-refractivity contribution in [2.75, 3.05) is 31.1 Å². The van der Waals surface area contributed by atoms with Crippen molar-refractivity contribution in [3.63, 3.8) is 0 Å². The zero-order chi connectivity index (χ0) is 22.5. The van der Waals surface area contributed by atoms with E-state index in [0.29, 0.717) is 5.89 Å². The summed E-state index contributed by atoms with van der Waals surface area (Å²) in [6.07, 6.45) is 4.65. The molecule has 0 bridgehead atoms. The Morgan fingerprint density at radius 3 is 2.55 bits per heavy atom. The Kier molecular flexibility index (Phi) is 6.30. The number of anilines is 1. The summed E-state index contributed by atoms with van der Waals surface area (Å²) in [6, 6.07) is 19.5. The Labute approximate surface area is 193 Å². The standard InChI is InChI=1S/C26H27N5O2/c1-20-24(19-30-14-7-15-31(17-16-30)26-27-12-6-13-28-26)29-25(32-20)21-8-5-11-23(18-21)33-22-9-3-2-4-10-22/h2-6,8-13,18H,7,14-17,19H2,1H3. The van der Waals surface area contributed by atoms with Crippen LogP contribution in [0.4, 0.5) is 5.95 Å². The van der Waals surface area contributed by atoms with Crippen LogP contribution in [0.3, 0.4) is 0 Å². The van der Waals surface area contributed by atoms with Gasteiger partial charge < -0.3 is 14.1 Å². The van der Waals surface area contributed by atoms with E-state index in [1.807, 2.05) is 67.6 Å². The van der Waals surface area contributed by atoms with Gasteiger partial charge in [-0.3, -0.25) is 4.90 Å². The molecule has 2 aromatic heterocycles. The van der Waals surface area contributed by atoms with Crippen LogP contribution >= 0.6 is 0 Å². The molecule has 0 amide bonds. The molecule has 0 aliphatic carbocycles. The van der Waals surface area contributed by atoms with Crippen molar-refractivity contribution in [2.24, 2.45) is 0 Å². The smallest absolute Gasteiger partial charge is 0.226 e. The lowest BCUT2D eigenvalue weighted by molar-refractivity contribution is 0.281. The Bertz CT molecular complexity index is 1180. The van der Waals surface area contributed by atoms with Gasteiger partial charge in [0, 0.05) is 50.7 Å². The lowest BCUT2D eigenvalue weighted by Crippen LogP contribution is -2.31. The summed E-state index contributed by atoms with van der Waals surface area (Å²) >= 11 is 0. The third kappa shape index (κ3) is 5.21. The first-order chi connectivity index (χ1) is 16.2. The van der Waals surface area contributed by atoms with E-state index in [2.05, 4.69) is 19.8 Å². The summed E-state index contributed by atoms with van der Waals surface area (Å²) in [7, 11) is 0. The van der Waals surface area contributed by atoms with E-state index in [4.69, 9.17) is 14.1 Å². The van der Waals surface area contributed by atoms with Crippen molar-refractivity contribution in [1.82, 2.24) is 19.9 Å². The molecule has 1 aliphatic rings. The van der Waals surface area contributed by atoms with Crippen molar-refractivity contribution in [1.29, 1.82) is 0 Å². The Balaban J connectivity index is 1.26. The van der Waals surface area contributed by atoms with Crippen molar-refractivity contribution in [3.8, 4) is 23.0 Å². The molecule has 4 aromatic rings. The van der Waals surface area contributed by atoms with Gasteiger partial charge in [0.05, 0.1) is 5.69 Å². The third-order valence-electron chi connectivity index (χ3n) is 5.75.